The van der Waals surface area contributed by atoms with Gasteiger partial charge in [-0.3, -0.25) is 0 Å². The Labute approximate surface area is 444 Å². The lowest BCUT2D eigenvalue weighted by atomic mass is 9.68. The maximum absolute atomic E-state index is 6.70. The number of fused-ring (bicyclic) bond motifs is 19. The molecule has 11 aromatic carbocycles. The van der Waals surface area contributed by atoms with Crippen LogP contribution in [0, 0.1) is 0 Å². The lowest BCUT2D eigenvalue weighted by molar-refractivity contribution is 0.669. The SMILES string of the molecule is c1ccc2c(c1)-c1ccccc1C21c2ccccc2-c2cccc(-c3ccc(-c4ccc5oc6cccc(-c7nc(-c8cccc9sc%10ccccc%10c89)nc(-c8cccc9sc%10ccccc%10c89)n7)c6c5c4)cc3)c21. The summed E-state index contributed by atoms with van der Waals surface area (Å²) >= 11 is 3.60. The maximum atomic E-state index is 6.70. The highest BCUT2D eigenvalue weighted by atomic mass is 32.1. The van der Waals surface area contributed by atoms with Crippen LogP contribution in [0.25, 0.3) is 141 Å². The molecule has 4 nitrogen and oxygen atoms in total. The van der Waals surface area contributed by atoms with Crippen molar-refractivity contribution in [3.63, 3.8) is 0 Å². The van der Waals surface area contributed by atoms with E-state index in [-0.39, 0.29) is 0 Å². The van der Waals surface area contributed by atoms with Crippen molar-refractivity contribution in [2.24, 2.45) is 0 Å². The third kappa shape index (κ3) is 5.80. The number of rotatable bonds is 5. The van der Waals surface area contributed by atoms with Crippen LogP contribution in [-0.4, -0.2) is 15.0 Å². The molecule has 0 saturated heterocycles. The van der Waals surface area contributed by atoms with Crippen molar-refractivity contribution < 1.29 is 4.42 Å². The van der Waals surface area contributed by atoms with E-state index in [1.165, 1.54) is 85.2 Å². The molecule has 6 heteroatoms. The van der Waals surface area contributed by atoms with Crippen molar-refractivity contribution in [1.29, 1.82) is 0 Å². The zero-order valence-corrected chi connectivity index (χ0v) is 42.2. The van der Waals surface area contributed by atoms with Gasteiger partial charge in [0.15, 0.2) is 17.5 Å². The summed E-state index contributed by atoms with van der Waals surface area (Å²) in [4.78, 5) is 16.3. The Morgan fingerprint density at radius 3 is 1.30 bits per heavy atom. The van der Waals surface area contributed by atoms with Crippen LogP contribution in [0.5, 0.6) is 0 Å². The van der Waals surface area contributed by atoms with Crippen molar-refractivity contribution in [2.75, 3.05) is 0 Å². The molecule has 4 heterocycles. The van der Waals surface area contributed by atoms with Crippen LogP contribution in [0.15, 0.2) is 241 Å². The number of hydrogen-bond acceptors (Lipinski definition) is 6. The van der Waals surface area contributed by atoms with E-state index in [1.807, 2.05) is 0 Å². The van der Waals surface area contributed by atoms with Gasteiger partial charge in [-0.05, 0) is 109 Å². The number of nitrogens with zero attached hydrogens (tertiary/aromatic N) is 3. The lowest BCUT2D eigenvalue weighted by Crippen LogP contribution is -2.26. The predicted molar refractivity (Wildman–Crippen MR) is 316 cm³/mol. The maximum Gasteiger partial charge on any atom is 0.164 e. The Hall–Kier alpha value is -9.33. The summed E-state index contributed by atoms with van der Waals surface area (Å²) in [5, 5.41) is 6.69. The van der Waals surface area contributed by atoms with Crippen molar-refractivity contribution in [1.82, 2.24) is 15.0 Å². The van der Waals surface area contributed by atoms with Gasteiger partial charge in [-0.1, -0.05) is 194 Å². The molecule has 4 aromatic heterocycles. The fourth-order valence-electron chi connectivity index (χ4n) is 13.1. The molecule has 0 saturated carbocycles. The molecule has 0 N–H and O–H groups in total. The minimum Gasteiger partial charge on any atom is -0.456 e. The quantitative estimate of drug-likeness (QED) is 0.172. The van der Waals surface area contributed by atoms with Gasteiger partial charge in [0.25, 0.3) is 0 Å². The normalized spacial score (nSPS) is 13.1. The van der Waals surface area contributed by atoms with Gasteiger partial charge in [0, 0.05) is 67.8 Å². The highest BCUT2D eigenvalue weighted by Crippen LogP contribution is 2.64. The lowest BCUT2D eigenvalue weighted by Gasteiger charge is -2.32. The molecule has 0 amide bonds. The summed E-state index contributed by atoms with van der Waals surface area (Å²) in [6, 6.07) is 86.1. The Morgan fingerprint density at radius 1 is 0.289 bits per heavy atom. The second kappa shape index (κ2) is 15.8. The van der Waals surface area contributed by atoms with Crippen molar-refractivity contribution >= 4 is 85.0 Å². The van der Waals surface area contributed by atoms with Gasteiger partial charge in [0.2, 0.25) is 0 Å². The Morgan fingerprint density at radius 2 is 0.711 bits per heavy atom. The first kappa shape index (κ1) is 42.1. The van der Waals surface area contributed by atoms with E-state index in [2.05, 4.69) is 237 Å². The first-order chi connectivity index (χ1) is 37.7. The second-order valence-corrected chi connectivity index (χ2v) is 22.2. The molecule has 352 valence electrons. The molecule has 2 aliphatic rings. The fourth-order valence-corrected chi connectivity index (χ4v) is 15.4. The highest BCUT2D eigenvalue weighted by molar-refractivity contribution is 7.26. The van der Waals surface area contributed by atoms with Crippen LogP contribution in [0.4, 0.5) is 0 Å². The van der Waals surface area contributed by atoms with Crippen molar-refractivity contribution in [2.45, 2.75) is 5.41 Å². The average molecular weight is 1000 g/mol. The molecule has 17 rings (SSSR count). The smallest absolute Gasteiger partial charge is 0.164 e. The van der Waals surface area contributed by atoms with E-state index in [9.17, 15) is 0 Å². The van der Waals surface area contributed by atoms with E-state index in [0.29, 0.717) is 17.5 Å². The molecule has 0 aliphatic heterocycles. The number of benzene rings is 11. The predicted octanol–water partition coefficient (Wildman–Crippen LogP) is 19.2. The van der Waals surface area contributed by atoms with E-state index < -0.39 is 5.41 Å². The zero-order valence-electron chi connectivity index (χ0n) is 40.6. The number of furan rings is 1. The number of hydrogen-bond donors (Lipinski definition) is 0. The molecule has 2 aliphatic carbocycles. The van der Waals surface area contributed by atoms with Crippen LogP contribution in [0.3, 0.4) is 0 Å². The molecule has 15 aromatic rings. The van der Waals surface area contributed by atoms with Gasteiger partial charge in [0.05, 0.1) is 5.41 Å². The van der Waals surface area contributed by atoms with Gasteiger partial charge in [-0.15, -0.1) is 22.7 Å². The van der Waals surface area contributed by atoms with Crippen molar-refractivity contribution in [3.8, 4) is 78.7 Å². The highest BCUT2D eigenvalue weighted by Gasteiger charge is 2.52. The first-order valence-electron chi connectivity index (χ1n) is 25.7. The molecule has 0 unspecified atom stereocenters. The van der Waals surface area contributed by atoms with Crippen LogP contribution in [0.1, 0.15) is 22.3 Å². The Bertz CT molecular complexity index is 4770. The van der Waals surface area contributed by atoms with Crippen LogP contribution in [-0.2, 0) is 5.41 Å². The minimum atomic E-state index is -0.434. The monoisotopic (exact) mass is 1000 g/mol. The molecule has 0 atom stereocenters. The Balaban J connectivity index is 0.828. The van der Waals surface area contributed by atoms with E-state index in [4.69, 9.17) is 19.4 Å². The second-order valence-electron chi connectivity index (χ2n) is 20.0. The largest absolute Gasteiger partial charge is 0.456 e. The van der Waals surface area contributed by atoms with E-state index >= 15 is 0 Å². The molecular weight excluding hydrogens is 963 g/mol. The van der Waals surface area contributed by atoms with E-state index in [0.717, 1.165) is 60.5 Å². The van der Waals surface area contributed by atoms with Crippen LogP contribution >= 0.6 is 22.7 Å². The molecule has 0 fully saturated rings. The summed E-state index contributed by atoms with van der Waals surface area (Å²) in [6.07, 6.45) is 0. The number of thiophene rings is 2. The van der Waals surface area contributed by atoms with Gasteiger partial charge < -0.3 is 4.42 Å². The first-order valence-corrected chi connectivity index (χ1v) is 27.4. The minimum absolute atomic E-state index is 0.434. The molecule has 0 bridgehead atoms. The van der Waals surface area contributed by atoms with E-state index in [1.54, 1.807) is 22.7 Å². The fraction of sp³-hybridized carbons (Fsp3) is 0.0143. The Kier molecular flexibility index (Phi) is 8.77. The summed E-state index contributed by atoms with van der Waals surface area (Å²) < 4.78 is 11.6. The van der Waals surface area contributed by atoms with Gasteiger partial charge in [0.1, 0.15) is 11.2 Å². The van der Waals surface area contributed by atoms with Crippen LogP contribution in [0.2, 0.25) is 0 Å². The van der Waals surface area contributed by atoms with Gasteiger partial charge in [-0.25, -0.2) is 15.0 Å². The molecular formula is C70H39N3OS2. The van der Waals surface area contributed by atoms with Crippen LogP contribution < -0.4 is 0 Å². The summed E-state index contributed by atoms with van der Waals surface area (Å²) in [5.74, 6) is 1.87. The number of aromatic nitrogens is 3. The molecule has 1 spiro atoms. The van der Waals surface area contributed by atoms with Gasteiger partial charge >= 0.3 is 0 Å². The third-order valence-corrected chi connectivity index (χ3v) is 18.5. The van der Waals surface area contributed by atoms with Crippen molar-refractivity contribution in [3.05, 3.63) is 259 Å². The molecule has 76 heavy (non-hydrogen) atoms. The summed E-state index contributed by atoms with van der Waals surface area (Å²) in [7, 11) is 0. The zero-order chi connectivity index (χ0) is 49.6. The third-order valence-electron chi connectivity index (χ3n) is 16.2. The molecule has 0 radical (unpaired) electrons. The topological polar surface area (TPSA) is 51.8 Å². The van der Waals surface area contributed by atoms with Gasteiger partial charge in [-0.2, -0.15) is 0 Å². The summed E-state index contributed by atoms with van der Waals surface area (Å²) in [6.45, 7) is 0. The summed E-state index contributed by atoms with van der Waals surface area (Å²) in [5.41, 5.74) is 19.3. The standard InChI is InChI=1S/C70H39N3OS2/c1-6-25-54-44(15-1)45-16-2-7-26-55(45)70(54)56-27-8-3-17-46(56)47-21-11-20-43(66(47)70)41-35-33-40(34-36-41)42-37-38-57-53(39-42)63-50(22-12-28-58(63)74-57)67-71-68(51-23-13-31-61-64(51)48-18-4-9-29-59(48)75-61)73-69(72-67)52-24-14-32-62-65(52)49-19-5-10-30-60(49)76-62/h1-39H. The average Bonchev–Trinajstić information content (AvgIpc) is 4.48.